The van der Waals surface area contributed by atoms with Crippen LogP contribution in [-0.4, -0.2) is 30.3 Å². The van der Waals surface area contributed by atoms with Crippen LogP contribution < -0.4 is 10.2 Å². The summed E-state index contributed by atoms with van der Waals surface area (Å²) in [5.41, 5.74) is 4.37. The number of nitrogens with one attached hydrogen (secondary N) is 1. The number of benzene rings is 3. The van der Waals surface area contributed by atoms with Crippen LogP contribution in [0.5, 0.6) is 0 Å². The van der Waals surface area contributed by atoms with Crippen molar-refractivity contribution in [2.24, 2.45) is 0 Å². The van der Waals surface area contributed by atoms with E-state index in [1.54, 1.807) is 24.3 Å². The molecular formula is C26H22N2O5. The van der Waals surface area contributed by atoms with Gasteiger partial charge >= 0.3 is 5.97 Å². The van der Waals surface area contributed by atoms with E-state index in [9.17, 15) is 19.2 Å². The van der Waals surface area contributed by atoms with Gasteiger partial charge in [-0.15, -0.1) is 0 Å². The van der Waals surface area contributed by atoms with Gasteiger partial charge in [0.1, 0.15) is 0 Å². The van der Waals surface area contributed by atoms with Gasteiger partial charge in [-0.05, 0) is 68.3 Å². The predicted molar refractivity (Wildman–Crippen MR) is 124 cm³/mol. The van der Waals surface area contributed by atoms with Gasteiger partial charge in [0.2, 0.25) is 0 Å². The Balaban J connectivity index is 1.47. The minimum atomic E-state index is -0.762. The maximum Gasteiger partial charge on any atom is 0.338 e. The third kappa shape index (κ3) is 4.25. The van der Waals surface area contributed by atoms with Crippen LogP contribution in [0.4, 0.5) is 11.4 Å². The number of aryl methyl sites for hydroxylation is 2. The van der Waals surface area contributed by atoms with Gasteiger partial charge in [0, 0.05) is 5.69 Å². The molecule has 0 unspecified atom stereocenters. The van der Waals surface area contributed by atoms with Gasteiger partial charge in [-0.1, -0.05) is 29.8 Å². The molecule has 0 saturated heterocycles. The number of ether oxygens (including phenoxy) is 1. The lowest BCUT2D eigenvalue weighted by Gasteiger charge is -2.17. The largest absolute Gasteiger partial charge is 0.452 e. The van der Waals surface area contributed by atoms with Crippen LogP contribution in [0, 0.1) is 20.8 Å². The number of anilines is 2. The highest BCUT2D eigenvalue weighted by molar-refractivity contribution is 6.35. The zero-order valence-electron chi connectivity index (χ0n) is 18.5. The van der Waals surface area contributed by atoms with E-state index in [0.717, 1.165) is 21.6 Å². The Morgan fingerprint density at radius 1 is 0.879 bits per heavy atom. The minimum Gasteiger partial charge on any atom is -0.452 e. The molecule has 3 amide bonds. The van der Waals surface area contributed by atoms with Crippen molar-refractivity contribution in [2.75, 3.05) is 16.8 Å². The average molecular weight is 442 g/mol. The van der Waals surface area contributed by atoms with Gasteiger partial charge in [-0.3, -0.25) is 14.4 Å². The van der Waals surface area contributed by atoms with Gasteiger partial charge in [0.05, 0.1) is 22.4 Å². The highest BCUT2D eigenvalue weighted by atomic mass is 16.5. The van der Waals surface area contributed by atoms with Gasteiger partial charge in [0.25, 0.3) is 17.7 Å². The number of imide groups is 1. The summed E-state index contributed by atoms with van der Waals surface area (Å²) in [5, 5.41) is 2.64. The molecule has 0 atom stereocenters. The maximum atomic E-state index is 13.0. The molecule has 3 aromatic rings. The lowest BCUT2D eigenvalue weighted by atomic mass is 10.1. The molecule has 0 fully saturated rings. The van der Waals surface area contributed by atoms with Crippen molar-refractivity contribution in [3.63, 3.8) is 0 Å². The number of rotatable bonds is 5. The highest BCUT2D eigenvalue weighted by Gasteiger charge is 2.38. The lowest BCUT2D eigenvalue weighted by molar-refractivity contribution is -0.119. The number of hydrogen-bond donors (Lipinski definition) is 1. The predicted octanol–water partition coefficient (Wildman–Crippen LogP) is 4.21. The fourth-order valence-electron chi connectivity index (χ4n) is 3.61. The Morgan fingerprint density at radius 2 is 1.58 bits per heavy atom. The van der Waals surface area contributed by atoms with E-state index in [1.807, 2.05) is 39.0 Å². The summed E-state index contributed by atoms with van der Waals surface area (Å²) in [6.07, 6.45) is 0. The molecule has 4 rings (SSSR count). The van der Waals surface area contributed by atoms with Crippen LogP contribution in [-0.2, 0) is 9.53 Å². The quantitative estimate of drug-likeness (QED) is 0.472. The van der Waals surface area contributed by atoms with E-state index in [0.29, 0.717) is 11.4 Å². The molecule has 7 nitrogen and oxygen atoms in total. The summed E-state index contributed by atoms with van der Waals surface area (Å²) in [7, 11) is 0. The fraction of sp³-hybridized carbons (Fsp3) is 0.154. The number of nitrogens with zero attached hydrogens (tertiary/aromatic N) is 1. The third-order valence-corrected chi connectivity index (χ3v) is 5.61. The molecule has 0 radical (unpaired) electrons. The second kappa shape index (κ2) is 8.70. The van der Waals surface area contributed by atoms with E-state index >= 15 is 0 Å². The second-order valence-corrected chi connectivity index (χ2v) is 7.92. The molecule has 0 spiro atoms. The zero-order valence-corrected chi connectivity index (χ0v) is 18.5. The maximum absolute atomic E-state index is 13.0. The fourth-order valence-corrected chi connectivity index (χ4v) is 3.61. The first kappa shape index (κ1) is 22.0. The van der Waals surface area contributed by atoms with Crippen molar-refractivity contribution in [3.8, 4) is 0 Å². The first-order valence-corrected chi connectivity index (χ1v) is 10.4. The Morgan fingerprint density at radius 3 is 2.30 bits per heavy atom. The van der Waals surface area contributed by atoms with Gasteiger partial charge in [0.15, 0.2) is 6.61 Å². The average Bonchev–Trinajstić information content (AvgIpc) is 3.05. The van der Waals surface area contributed by atoms with Crippen molar-refractivity contribution in [1.29, 1.82) is 0 Å². The molecule has 0 aliphatic carbocycles. The third-order valence-electron chi connectivity index (χ3n) is 5.61. The second-order valence-electron chi connectivity index (χ2n) is 7.92. The van der Waals surface area contributed by atoms with Crippen LogP contribution >= 0.6 is 0 Å². The first-order valence-electron chi connectivity index (χ1n) is 10.4. The SMILES string of the molecule is Cc1ccc(NC(=O)COC(=O)c2ccc3c(c2)C(=O)N(c2cccc(C)c2C)C3=O)cc1. The standard InChI is InChI=1S/C26H22N2O5/c1-15-7-10-19(11-8-15)27-23(29)14-33-26(32)18-9-12-20-21(13-18)25(31)28(24(20)30)22-6-4-5-16(2)17(22)3/h4-13H,14H2,1-3H3,(H,27,29). The van der Waals surface area contributed by atoms with Crippen molar-refractivity contribution in [2.45, 2.75) is 20.8 Å². The molecule has 0 saturated carbocycles. The zero-order chi connectivity index (χ0) is 23.7. The van der Waals surface area contributed by atoms with Gasteiger partial charge < -0.3 is 10.1 Å². The van der Waals surface area contributed by atoms with Crippen molar-refractivity contribution < 1.29 is 23.9 Å². The van der Waals surface area contributed by atoms with Crippen LogP contribution in [0.2, 0.25) is 0 Å². The van der Waals surface area contributed by atoms with E-state index < -0.39 is 30.3 Å². The Kier molecular flexibility index (Phi) is 5.79. The summed E-state index contributed by atoms with van der Waals surface area (Å²) in [6, 6.07) is 16.8. The van der Waals surface area contributed by atoms with E-state index in [4.69, 9.17) is 4.74 Å². The minimum absolute atomic E-state index is 0.0841. The summed E-state index contributed by atoms with van der Waals surface area (Å²) in [4.78, 5) is 51.6. The molecule has 166 valence electrons. The monoisotopic (exact) mass is 442 g/mol. The molecule has 1 aliphatic rings. The Labute approximate surface area is 191 Å². The van der Waals surface area contributed by atoms with Crippen LogP contribution in [0.25, 0.3) is 0 Å². The molecule has 1 N–H and O–H groups in total. The topological polar surface area (TPSA) is 92.8 Å². The van der Waals surface area contributed by atoms with Gasteiger partial charge in [-0.25, -0.2) is 9.69 Å². The summed E-state index contributed by atoms with van der Waals surface area (Å²) in [5.74, 6) is -2.19. The summed E-state index contributed by atoms with van der Waals surface area (Å²) in [6.45, 7) is 5.20. The van der Waals surface area contributed by atoms with E-state index in [2.05, 4.69) is 5.32 Å². The molecule has 33 heavy (non-hydrogen) atoms. The number of fused-ring (bicyclic) bond motifs is 1. The molecule has 0 aromatic heterocycles. The Hall–Kier alpha value is -4.26. The molecule has 1 aliphatic heterocycles. The van der Waals surface area contributed by atoms with Crippen molar-refractivity contribution >= 4 is 35.1 Å². The number of hydrogen-bond acceptors (Lipinski definition) is 5. The number of carbonyl (C=O) groups is 4. The van der Waals surface area contributed by atoms with Crippen LogP contribution in [0.3, 0.4) is 0 Å². The molecule has 3 aromatic carbocycles. The van der Waals surface area contributed by atoms with Gasteiger partial charge in [-0.2, -0.15) is 0 Å². The normalized spacial score (nSPS) is 12.5. The van der Waals surface area contributed by atoms with Crippen molar-refractivity contribution in [1.82, 2.24) is 0 Å². The van der Waals surface area contributed by atoms with E-state index in [1.165, 1.54) is 18.2 Å². The first-order chi connectivity index (χ1) is 15.8. The summed E-state index contributed by atoms with van der Waals surface area (Å²) >= 11 is 0. The number of carbonyl (C=O) groups excluding carboxylic acids is 4. The number of amides is 3. The molecule has 0 bridgehead atoms. The van der Waals surface area contributed by atoms with Crippen LogP contribution in [0.1, 0.15) is 47.8 Å². The number of esters is 1. The molecule has 1 heterocycles. The van der Waals surface area contributed by atoms with E-state index in [-0.39, 0.29) is 16.7 Å². The Bertz CT molecular complexity index is 1290. The lowest BCUT2D eigenvalue weighted by Crippen LogP contribution is -2.30. The summed E-state index contributed by atoms with van der Waals surface area (Å²) < 4.78 is 5.09. The van der Waals surface area contributed by atoms with Crippen molar-refractivity contribution in [3.05, 3.63) is 94.0 Å². The highest BCUT2D eigenvalue weighted by Crippen LogP contribution is 2.32. The molecular weight excluding hydrogens is 420 g/mol. The smallest absolute Gasteiger partial charge is 0.338 e. The molecule has 7 heteroatoms. The van der Waals surface area contributed by atoms with Crippen LogP contribution in [0.15, 0.2) is 60.7 Å².